The predicted molar refractivity (Wildman–Crippen MR) is 285 cm³/mol. The first-order chi connectivity index (χ1) is 33.2. The largest absolute Gasteiger partial charge is 0.444 e. The molecule has 2 aliphatic rings. The maximum Gasteiger partial charge on any atom is 0.410 e. The molecule has 8 rings (SSSR count). The normalized spacial score (nSPS) is 15.3. The molecule has 4 aromatic carbocycles. The highest BCUT2D eigenvalue weighted by Gasteiger charge is 2.31. The molecule has 0 aliphatic carbocycles. The molecule has 2 aliphatic heterocycles. The molecule has 1 amide bonds. The van der Waals surface area contributed by atoms with Crippen molar-refractivity contribution in [2.24, 2.45) is 0 Å². The summed E-state index contributed by atoms with van der Waals surface area (Å²) in [6, 6.07) is 38.2. The minimum Gasteiger partial charge on any atom is -0.444 e. The molecular formula is C59H78N6O4. The van der Waals surface area contributed by atoms with Gasteiger partial charge in [-0.1, -0.05) is 84.9 Å². The second kappa shape index (κ2) is 24.3. The number of nitrogens with zero attached hydrogens (tertiary/aromatic N) is 5. The van der Waals surface area contributed by atoms with Gasteiger partial charge in [0.15, 0.2) is 0 Å². The number of pyridine rings is 2. The summed E-state index contributed by atoms with van der Waals surface area (Å²) in [6.07, 6.45) is 8.17. The van der Waals surface area contributed by atoms with Crippen molar-refractivity contribution in [2.75, 3.05) is 52.4 Å². The quantitative estimate of drug-likeness (QED) is 0.0967. The second-order valence-electron chi connectivity index (χ2n) is 20.7. The van der Waals surface area contributed by atoms with Gasteiger partial charge in [0, 0.05) is 80.8 Å². The van der Waals surface area contributed by atoms with E-state index in [0.29, 0.717) is 19.1 Å². The molecule has 0 saturated carbocycles. The Kier molecular flexibility index (Phi) is 18.1. The Bertz CT molecular complexity index is 2710. The summed E-state index contributed by atoms with van der Waals surface area (Å²) in [4.78, 5) is 45.6. The van der Waals surface area contributed by atoms with Crippen molar-refractivity contribution in [2.45, 2.75) is 131 Å². The van der Waals surface area contributed by atoms with Gasteiger partial charge in [0.05, 0.1) is 11.0 Å². The Balaban J connectivity index is 0.000000208. The number of ether oxygens (including phenoxy) is 1. The zero-order valence-corrected chi connectivity index (χ0v) is 42.6. The van der Waals surface area contributed by atoms with E-state index in [1.165, 1.54) is 41.3 Å². The van der Waals surface area contributed by atoms with E-state index in [1.54, 1.807) is 12.1 Å². The Labute approximate surface area is 411 Å². The van der Waals surface area contributed by atoms with Crippen LogP contribution >= 0.6 is 0 Å². The van der Waals surface area contributed by atoms with Crippen molar-refractivity contribution in [1.82, 2.24) is 29.2 Å². The summed E-state index contributed by atoms with van der Waals surface area (Å²) < 4.78 is 9.67. The third-order valence-corrected chi connectivity index (χ3v) is 14.1. The van der Waals surface area contributed by atoms with Crippen molar-refractivity contribution in [1.29, 1.82) is 0 Å². The molecule has 2 saturated heterocycles. The van der Waals surface area contributed by atoms with Crippen LogP contribution in [0.1, 0.15) is 92.7 Å². The Morgan fingerprint density at radius 3 is 1.55 bits per heavy atom. The van der Waals surface area contributed by atoms with Crippen LogP contribution in [0.2, 0.25) is 0 Å². The number of piperidine rings is 2. The highest BCUT2D eigenvalue weighted by atomic mass is 16.6. The minimum atomic E-state index is -0.516. The highest BCUT2D eigenvalue weighted by Crippen LogP contribution is 2.23. The van der Waals surface area contributed by atoms with Crippen LogP contribution in [0.5, 0.6) is 0 Å². The van der Waals surface area contributed by atoms with Gasteiger partial charge >= 0.3 is 6.09 Å². The second-order valence-corrected chi connectivity index (χ2v) is 20.7. The highest BCUT2D eigenvalue weighted by molar-refractivity contribution is 5.83. The molecule has 2 fully saturated rings. The van der Waals surface area contributed by atoms with E-state index in [9.17, 15) is 14.4 Å². The maximum absolute atomic E-state index is 13.2. The van der Waals surface area contributed by atoms with Crippen molar-refractivity contribution < 1.29 is 9.53 Å². The number of hydrogen-bond donors (Lipinski definition) is 1. The molecule has 10 nitrogen and oxygen atoms in total. The van der Waals surface area contributed by atoms with Gasteiger partial charge in [-0.2, -0.15) is 0 Å². The molecule has 0 spiro atoms. The van der Waals surface area contributed by atoms with Gasteiger partial charge in [0.25, 0.3) is 11.1 Å². The lowest BCUT2D eigenvalue weighted by atomic mass is 10.0. The molecular weight excluding hydrogens is 857 g/mol. The van der Waals surface area contributed by atoms with Gasteiger partial charge in [-0.15, -0.1) is 0 Å². The van der Waals surface area contributed by atoms with Crippen LogP contribution in [0, 0.1) is 27.7 Å². The molecule has 0 unspecified atom stereocenters. The summed E-state index contributed by atoms with van der Waals surface area (Å²) in [6.45, 7) is 22.9. The minimum absolute atomic E-state index is 0.0602. The van der Waals surface area contributed by atoms with Gasteiger partial charge in [0.1, 0.15) is 5.60 Å². The predicted octanol–water partition coefficient (Wildman–Crippen LogP) is 10.3. The van der Waals surface area contributed by atoms with Crippen LogP contribution in [-0.2, 0) is 30.7 Å². The molecule has 2 aromatic heterocycles. The number of fused-ring (bicyclic) bond motifs is 2. The summed E-state index contributed by atoms with van der Waals surface area (Å²) in [5.74, 6) is 0. The van der Waals surface area contributed by atoms with Crippen molar-refractivity contribution in [3.05, 3.63) is 163 Å². The van der Waals surface area contributed by atoms with E-state index in [4.69, 9.17) is 4.74 Å². The van der Waals surface area contributed by atoms with Crippen LogP contribution in [0.25, 0.3) is 21.8 Å². The fraction of sp³-hybridized carbons (Fsp3) is 0.475. The standard InChI is InChI=1S/C32H43N3O3.C27H35N3O/c1-24-13-14-28-25(2)23-30(36)35(29(28)22-24)21-20-33-18-15-27(16-19-33)34(31(37)38-32(3,4)5)17-9-12-26-10-7-6-8-11-26;1-21-10-11-25-22(2)20-27(31)30(26(25)19-21)18-17-29-15-12-24(13-16-29)28-14-6-9-23-7-4-3-5-8-23/h6-8,10-11,13-14,22-23,27H,9,12,15-21H2,1-5H3;3-5,7-8,10-11,19-20,24,28H,6,9,12-18H2,1-2H3. The zero-order valence-electron chi connectivity index (χ0n) is 42.6. The molecule has 69 heavy (non-hydrogen) atoms. The number of aromatic nitrogens is 2. The molecule has 368 valence electrons. The van der Waals surface area contributed by atoms with Crippen LogP contribution in [0.4, 0.5) is 4.79 Å². The van der Waals surface area contributed by atoms with E-state index in [1.807, 2.05) is 54.7 Å². The molecule has 0 bridgehead atoms. The third-order valence-electron chi connectivity index (χ3n) is 14.1. The zero-order chi connectivity index (χ0) is 48.9. The molecule has 1 N–H and O–H groups in total. The fourth-order valence-electron chi connectivity index (χ4n) is 10.2. The maximum atomic E-state index is 13.2. The van der Waals surface area contributed by atoms with Crippen LogP contribution in [-0.4, -0.2) is 100.0 Å². The smallest absolute Gasteiger partial charge is 0.410 e. The molecule has 10 heteroatoms. The van der Waals surface area contributed by atoms with Crippen molar-refractivity contribution >= 4 is 27.9 Å². The molecule has 0 radical (unpaired) electrons. The average Bonchev–Trinajstić information content (AvgIpc) is 3.32. The van der Waals surface area contributed by atoms with E-state index < -0.39 is 5.60 Å². The van der Waals surface area contributed by atoms with Crippen molar-refractivity contribution in [3.63, 3.8) is 0 Å². The first kappa shape index (κ1) is 51.3. The van der Waals surface area contributed by atoms with E-state index in [2.05, 4.69) is 120 Å². The lowest BCUT2D eigenvalue weighted by Crippen LogP contribution is -2.49. The van der Waals surface area contributed by atoms with Crippen LogP contribution in [0.15, 0.2) is 119 Å². The van der Waals surface area contributed by atoms with Gasteiger partial charge < -0.3 is 33.9 Å². The summed E-state index contributed by atoms with van der Waals surface area (Å²) >= 11 is 0. The number of benzene rings is 4. The number of rotatable bonds is 16. The number of nitrogens with one attached hydrogen (secondary N) is 1. The Morgan fingerprint density at radius 2 is 1.07 bits per heavy atom. The first-order valence-corrected chi connectivity index (χ1v) is 25.7. The Hall–Kier alpha value is -5.55. The summed E-state index contributed by atoms with van der Waals surface area (Å²) in [5, 5.41) is 6.07. The molecule has 4 heterocycles. The number of hydrogen-bond acceptors (Lipinski definition) is 7. The topological polar surface area (TPSA) is 92.0 Å². The average molecular weight is 935 g/mol. The summed E-state index contributed by atoms with van der Waals surface area (Å²) in [5.41, 5.74) is 8.91. The number of likely N-dealkylation sites (tertiary alicyclic amines) is 2. The Morgan fingerprint density at radius 1 is 0.609 bits per heavy atom. The molecule has 0 atom stereocenters. The summed E-state index contributed by atoms with van der Waals surface area (Å²) in [7, 11) is 0. The number of aryl methyl sites for hydroxylation is 6. The fourth-order valence-corrected chi connectivity index (χ4v) is 10.2. The van der Waals surface area contributed by atoms with Crippen LogP contribution in [0.3, 0.4) is 0 Å². The van der Waals surface area contributed by atoms with Gasteiger partial charge in [-0.25, -0.2) is 4.79 Å². The molecule has 6 aromatic rings. The van der Waals surface area contributed by atoms with Gasteiger partial charge in [-0.3, -0.25) is 9.59 Å². The van der Waals surface area contributed by atoms with E-state index in [0.717, 1.165) is 118 Å². The first-order valence-electron chi connectivity index (χ1n) is 25.7. The lowest BCUT2D eigenvalue weighted by Gasteiger charge is -2.39. The van der Waals surface area contributed by atoms with E-state index in [-0.39, 0.29) is 23.3 Å². The number of carbonyl (C=O) groups is 1. The third kappa shape index (κ3) is 14.7. The van der Waals surface area contributed by atoms with Gasteiger partial charge in [0.2, 0.25) is 0 Å². The van der Waals surface area contributed by atoms with Crippen LogP contribution < -0.4 is 16.4 Å². The van der Waals surface area contributed by atoms with E-state index >= 15 is 0 Å². The monoisotopic (exact) mass is 935 g/mol. The lowest BCUT2D eigenvalue weighted by molar-refractivity contribution is 0.00777. The number of carbonyl (C=O) groups excluding carboxylic acids is 1. The SMILES string of the molecule is Cc1ccc2c(C)cc(=O)n(CCN3CCC(N(CCCc4ccccc4)C(=O)OC(C)(C)C)CC3)c2c1.Cc1ccc2c(C)cc(=O)n(CCN3CCC(NCCCc4ccccc4)CC3)c2c1. The number of amides is 1. The van der Waals surface area contributed by atoms with Crippen molar-refractivity contribution in [3.8, 4) is 0 Å². The van der Waals surface area contributed by atoms with Gasteiger partial charge in [-0.05, 0) is 165 Å².